The van der Waals surface area contributed by atoms with Gasteiger partial charge in [0.2, 0.25) is 0 Å². The van der Waals surface area contributed by atoms with Crippen molar-refractivity contribution in [2.24, 2.45) is 0 Å². The maximum Gasteiger partial charge on any atom is 0.263 e. The summed E-state index contributed by atoms with van der Waals surface area (Å²) in [5, 5.41) is 4.27. The summed E-state index contributed by atoms with van der Waals surface area (Å²) >= 11 is 5.85. The minimum Gasteiger partial charge on any atom is -0.398 e. The molecule has 1 aromatic carbocycles. The van der Waals surface area contributed by atoms with Gasteiger partial charge in [-0.2, -0.15) is 5.10 Å². The Bertz CT molecular complexity index is 725. The summed E-state index contributed by atoms with van der Waals surface area (Å²) in [6, 6.07) is 5.81. The van der Waals surface area contributed by atoms with Crippen LogP contribution in [0.4, 0.5) is 11.5 Å². The second kappa shape index (κ2) is 5.34. The second-order valence-corrected chi connectivity index (χ2v) is 6.63. The lowest BCUT2D eigenvalue weighted by molar-refractivity contribution is 0.539. The molecule has 2 rings (SSSR count). The molecule has 108 valence electrons. The largest absolute Gasteiger partial charge is 0.398 e. The number of nitrogens with two attached hydrogens (primary N) is 1. The van der Waals surface area contributed by atoms with E-state index in [1.165, 1.54) is 24.4 Å². The zero-order valence-corrected chi connectivity index (χ0v) is 12.6. The van der Waals surface area contributed by atoms with Gasteiger partial charge in [0.15, 0.2) is 0 Å². The molecule has 3 N–H and O–H groups in total. The van der Waals surface area contributed by atoms with Crippen molar-refractivity contribution in [1.29, 1.82) is 0 Å². The van der Waals surface area contributed by atoms with Gasteiger partial charge in [0.05, 0.1) is 21.8 Å². The monoisotopic (exact) mass is 314 g/mol. The van der Waals surface area contributed by atoms with Crippen LogP contribution in [0.25, 0.3) is 0 Å². The summed E-state index contributed by atoms with van der Waals surface area (Å²) in [7, 11) is -3.73. The Labute approximate surface area is 122 Å². The Morgan fingerprint density at radius 3 is 2.65 bits per heavy atom. The van der Waals surface area contributed by atoms with E-state index in [9.17, 15) is 8.42 Å². The number of rotatable bonds is 4. The average Bonchev–Trinajstić information content (AvgIpc) is 2.80. The molecule has 1 aromatic heterocycles. The number of anilines is 2. The highest BCUT2D eigenvalue weighted by atomic mass is 35.5. The quantitative estimate of drug-likeness (QED) is 0.848. The van der Waals surface area contributed by atoms with E-state index >= 15 is 0 Å². The smallest absolute Gasteiger partial charge is 0.263 e. The molecular formula is C12H15ClN4O2S. The average molecular weight is 315 g/mol. The lowest BCUT2D eigenvalue weighted by Gasteiger charge is -2.13. The third-order valence-electron chi connectivity index (χ3n) is 2.68. The Morgan fingerprint density at radius 1 is 1.35 bits per heavy atom. The Hall–Kier alpha value is -1.73. The van der Waals surface area contributed by atoms with E-state index < -0.39 is 10.0 Å². The molecular weight excluding hydrogens is 300 g/mol. The maximum atomic E-state index is 12.3. The van der Waals surface area contributed by atoms with Crippen LogP contribution in [0.15, 0.2) is 35.4 Å². The Kier molecular flexibility index (Phi) is 3.92. The van der Waals surface area contributed by atoms with E-state index in [2.05, 4.69) is 9.82 Å². The number of aromatic nitrogens is 2. The summed E-state index contributed by atoms with van der Waals surface area (Å²) in [5.41, 5.74) is 5.90. The van der Waals surface area contributed by atoms with Crippen LogP contribution in [0.2, 0.25) is 5.02 Å². The van der Waals surface area contributed by atoms with E-state index in [1.807, 2.05) is 13.8 Å². The van der Waals surface area contributed by atoms with Gasteiger partial charge >= 0.3 is 0 Å². The van der Waals surface area contributed by atoms with E-state index in [0.717, 1.165) is 0 Å². The fourth-order valence-electron chi connectivity index (χ4n) is 1.68. The second-order valence-electron chi connectivity index (χ2n) is 4.54. The predicted molar refractivity (Wildman–Crippen MR) is 79.3 cm³/mol. The van der Waals surface area contributed by atoms with Gasteiger partial charge in [-0.25, -0.2) is 13.1 Å². The molecule has 20 heavy (non-hydrogen) atoms. The molecule has 6 nitrogen and oxygen atoms in total. The molecule has 0 atom stereocenters. The van der Waals surface area contributed by atoms with Crippen LogP contribution in [0.1, 0.15) is 19.9 Å². The molecule has 0 saturated carbocycles. The summed E-state index contributed by atoms with van der Waals surface area (Å²) in [4.78, 5) is 0.0493. The van der Waals surface area contributed by atoms with E-state index in [1.54, 1.807) is 10.7 Å². The first-order chi connectivity index (χ1) is 9.31. The van der Waals surface area contributed by atoms with E-state index in [0.29, 0.717) is 11.5 Å². The van der Waals surface area contributed by atoms with Crippen molar-refractivity contribution in [2.45, 2.75) is 24.8 Å². The molecule has 0 aliphatic rings. The SMILES string of the molecule is CC(C)n1nccc1NS(=O)(=O)c1ccc(N)c(Cl)c1. The van der Waals surface area contributed by atoms with Crippen LogP contribution in [-0.2, 0) is 10.0 Å². The van der Waals surface area contributed by atoms with Crippen LogP contribution in [-0.4, -0.2) is 18.2 Å². The molecule has 0 fully saturated rings. The standard InChI is InChI=1S/C12H15ClN4O2S/c1-8(2)17-12(5-6-15-17)16-20(18,19)9-3-4-11(14)10(13)7-9/h3-8,16H,14H2,1-2H3. The summed E-state index contributed by atoms with van der Waals surface area (Å²) in [6.07, 6.45) is 1.54. The number of hydrogen-bond acceptors (Lipinski definition) is 4. The Balaban J connectivity index is 2.36. The van der Waals surface area contributed by atoms with Crippen molar-refractivity contribution < 1.29 is 8.42 Å². The molecule has 0 radical (unpaired) electrons. The number of hydrogen-bond donors (Lipinski definition) is 2. The minimum absolute atomic E-state index is 0.0395. The highest BCUT2D eigenvalue weighted by Crippen LogP contribution is 2.24. The number of nitrogens with zero attached hydrogens (tertiary/aromatic N) is 2. The van der Waals surface area contributed by atoms with Crippen molar-refractivity contribution in [3.05, 3.63) is 35.5 Å². The number of benzene rings is 1. The first kappa shape index (κ1) is 14.7. The van der Waals surface area contributed by atoms with Gasteiger partial charge < -0.3 is 5.73 Å². The molecule has 2 aromatic rings. The van der Waals surface area contributed by atoms with Crippen LogP contribution < -0.4 is 10.5 Å². The first-order valence-electron chi connectivity index (χ1n) is 5.92. The van der Waals surface area contributed by atoms with E-state index in [-0.39, 0.29) is 16.0 Å². The zero-order chi connectivity index (χ0) is 14.9. The highest BCUT2D eigenvalue weighted by molar-refractivity contribution is 7.92. The minimum atomic E-state index is -3.73. The van der Waals surface area contributed by atoms with Crippen LogP contribution in [0.5, 0.6) is 0 Å². The fourth-order valence-corrected chi connectivity index (χ4v) is 3.00. The van der Waals surface area contributed by atoms with Crippen molar-refractivity contribution in [3.63, 3.8) is 0 Å². The van der Waals surface area contributed by atoms with Crippen molar-refractivity contribution in [3.8, 4) is 0 Å². The zero-order valence-electron chi connectivity index (χ0n) is 11.0. The van der Waals surface area contributed by atoms with Gasteiger partial charge in [-0.05, 0) is 32.0 Å². The van der Waals surface area contributed by atoms with Gasteiger partial charge in [-0.15, -0.1) is 0 Å². The lowest BCUT2D eigenvalue weighted by Crippen LogP contribution is -2.17. The predicted octanol–water partition coefficient (Wildman–Crippen LogP) is 2.50. The Morgan fingerprint density at radius 2 is 2.05 bits per heavy atom. The molecule has 0 bridgehead atoms. The van der Waals surface area contributed by atoms with Crippen LogP contribution in [0, 0.1) is 0 Å². The number of nitrogen functional groups attached to an aromatic ring is 1. The van der Waals surface area contributed by atoms with Gasteiger partial charge in [0.1, 0.15) is 5.82 Å². The van der Waals surface area contributed by atoms with E-state index in [4.69, 9.17) is 17.3 Å². The summed E-state index contributed by atoms with van der Waals surface area (Å²) < 4.78 is 28.6. The van der Waals surface area contributed by atoms with Gasteiger partial charge in [-0.3, -0.25) is 4.72 Å². The third-order valence-corrected chi connectivity index (χ3v) is 4.36. The maximum absolute atomic E-state index is 12.3. The highest BCUT2D eigenvalue weighted by Gasteiger charge is 2.18. The van der Waals surface area contributed by atoms with Gasteiger partial charge in [0.25, 0.3) is 10.0 Å². The molecule has 0 unspecified atom stereocenters. The van der Waals surface area contributed by atoms with Crippen molar-refractivity contribution in [1.82, 2.24) is 9.78 Å². The normalized spacial score (nSPS) is 11.8. The molecule has 0 aliphatic heterocycles. The molecule has 8 heteroatoms. The van der Waals surface area contributed by atoms with Crippen LogP contribution in [0.3, 0.4) is 0 Å². The van der Waals surface area contributed by atoms with Crippen molar-refractivity contribution >= 4 is 33.1 Å². The molecule has 1 heterocycles. The third kappa shape index (κ3) is 2.88. The first-order valence-corrected chi connectivity index (χ1v) is 7.79. The lowest BCUT2D eigenvalue weighted by atomic mass is 10.3. The topological polar surface area (TPSA) is 90.0 Å². The van der Waals surface area contributed by atoms with Gasteiger partial charge in [-0.1, -0.05) is 11.6 Å². The number of nitrogens with one attached hydrogen (secondary N) is 1. The van der Waals surface area contributed by atoms with Gasteiger partial charge in [0, 0.05) is 12.1 Å². The summed E-state index contributed by atoms with van der Waals surface area (Å²) in [6.45, 7) is 3.82. The molecule has 0 saturated heterocycles. The molecule has 0 amide bonds. The molecule has 0 aliphatic carbocycles. The molecule has 0 spiro atoms. The van der Waals surface area contributed by atoms with Crippen LogP contribution >= 0.6 is 11.6 Å². The summed E-state index contributed by atoms with van der Waals surface area (Å²) in [5.74, 6) is 0.396. The van der Waals surface area contributed by atoms with Crippen molar-refractivity contribution in [2.75, 3.05) is 10.5 Å². The fraction of sp³-hybridized carbons (Fsp3) is 0.250. The number of sulfonamides is 1. The number of halogens is 1.